The summed E-state index contributed by atoms with van der Waals surface area (Å²) in [6, 6.07) is -0.0413. The Labute approximate surface area is 114 Å². The van der Waals surface area contributed by atoms with E-state index in [1.807, 2.05) is 45.3 Å². The second-order valence-corrected chi connectivity index (χ2v) is 5.49. The predicted molar refractivity (Wildman–Crippen MR) is 73.6 cm³/mol. The molecule has 1 amide bonds. The standard InChI is InChI=1S/C13H23N5O/c1-15(2)13(19)12-10-18(6-5-16(12)3)9-11-7-14-17(4)8-11/h7-8,12H,5-6,9-10H2,1-4H3/t12-/m1/s1. The normalized spacial score (nSPS) is 21.6. The second-order valence-electron chi connectivity index (χ2n) is 5.49. The minimum atomic E-state index is -0.0413. The third-order valence-corrected chi connectivity index (χ3v) is 3.62. The van der Waals surface area contributed by atoms with Crippen molar-refractivity contribution in [3.05, 3.63) is 18.0 Å². The van der Waals surface area contributed by atoms with Crippen LogP contribution in [0.25, 0.3) is 0 Å². The van der Waals surface area contributed by atoms with E-state index in [1.54, 1.807) is 4.90 Å². The van der Waals surface area contributed by atoms with Crippen molar-refractivity contribution in [1.29, 1.82) is 0 Å². The van der Waals surface area contributed by atoms with Crippen LogP contribution in [-0.2, 0) is 18.4 Å². The fourth-order valence-corrected chi connectivity index (χ4v) is 2.45. The first kappa shape index (κ1) is 14.0. The third kappa shape index (κ3) is 3.33. The summed E-state index contributed by atoms with van der Waals surface area (Å²) >= 11 is 0. The maximum atomic E-state index is 12.2. The van der Waals surface area contributed by atoms with E-state index in [-0.39, 0.29) is 11.9 Å². The molecule has 0 aromatic carbocycles. The molecule has 0 saturated carbocycles. The van der Waals surface area contributed by atoms with E-state index in [4.69, 9.17) is 0 Å². The molecule has 6 heteroatoms. The number of likely N-dealkylation sites (N-methyl/N-ethyl adjacent to an activating group) is 2. The SMILES string of the molecule is CN(C)C(=O)[C@H]1CN(Cc2cnn(C)c2)CCN1C. The number of hydrogen-bond donors (Lipinski definition) is 0. The monoisotopic (exact) mass is 265 g/mol. The van der Waals surface area contributed by atoms with Crippen molar-refractivity contribution in [3.8, 4) is 0 Å². The Morgan fingerprint density at radius 3 is 2.74 bits per heavy atom. The van der Waals surface area contributed by atoms with Crippen molar-refractivity contribution in [2.24, 2.45) is 7.05 Å². The van der Waals surface area contributed by atoms with E-state index in [0.717, 1.165) is 26.2 Å². The summed E-state index contributed by atoms with van der Waals surface area (Å²) in [6.45, 7) is 3.55. The molecule has 1 aliphatic rings. The molecule has 2 rings (SSSR count). The Bertz CT molecular complexity index is 442. The van der Waals surface area contributed by atoms with E-state index in [0.29, 0.717) is 0 Å². The first-order chi connectivity index (χ1) is 8.97. The van der Waals surface area contributed by atoms with Crippen LogP contribution in [0.3, 0.4) is 0 Å². The summed E-state index contributed by atoms with van der Waals surface area (Å²) in [5, 5.41) is 4.18. The van der Waals surface area contributed by atoms with Crippen LogP contribution in [0.2, 0.25) is 0 Å². The zero-order valence-corrected chi connectivity index (χ0v) is 12.2. The van der Waals surface area contributed by atoms with Crippen LogP contribution in [0.5, 0.6) is 0 Å². The number of aromatic nitrogens is 2. The summed E-state index contributed by atoms with van der Waals surface area (Å²) in [5.74, 6) is 0.179. The number of piperazine rings is 1. The molecule has 0 spiro atoms. The first-order valence-electron chi connectivity index (χ1n) is 6.58. The van der Waals surface area contributed by atoms with Crippen molar-refractivity contribution in [2.45, 2.75) is 12.6 Å². The van der Waals surface area contributed by atoms with Gasteiger partial charge >= 0.3 is 0 Å². The summed E-state index contributed by atoms with van der Waals surface area (Å²) < 4.78 is 1.81. The van der Waals surface area contributed by atoms with Crippen LogP contribution < -0.4 is 0 Å². The Hall–Kier alpha value is -1.40. The van der Waals surface area contributed by atoms with E-state index < -0.39 is 0 Å². The van der Waals surface area contributed by atoms with Crippen molar-refractivity contribution in [2.75, 3.05) is 40.8 Å². The van der Waals surface area contributed by atoms with Gasteiger partial charge in [-0.15, -0.1) is 0 Å². The molecule has 19 heavy (non-hydrogen) atoms. The van der Waals surface area contributed by atoms with Crippen molar-refractivity contribution in [1.82, 2.24) is 24.5 Å². The maximum Gasteiger partial charge on any atom is 0.240 e. The molecule has 1 aromatic heterocycles. The molecule has 0 N–H and O–H groups in total. The van der Waals surface area contributed by atoms with Crippen LogP contribution in [0, 0.1) is 0 Å². The minimum Gasteiger partial charge on any atom is -0.347 e. The number of rotatable bonds is 3. The molecule has 1 atom stereocenters. The van der Waals surface area contributed by atoms with Gasteiger partial charge in [-0.05, 0) is 7.05 Å². The summed E-state index contributed by atoms with van der Waals surface area (Å²) in [6.07, 6.45) is 3.92. The van der Waals surface area contributed by atoms with E-state index >= 15 is 0 Å². The lowest BCUT2D eigenvalue weighted by molar-refractivity contribution is -0.136. The smallest absolute Gasteiger partial charge is 0.240 e. The molecule has 106 valence electrons. The van der Waals surface area contributed by atoms with Crippen molar-refractivity contribution in [3.63, 3.8) is 0 Å². The van der Waals surface area contributed by atoms with Crippen molar-refractivity contribution < 1.29 is 4.79 Å². The molecule has 1 aromatic rings. The average molecular weight is 265 g/mol. The van der Waals surface area contributed by atoms with Gasteiger partial charge < -0.3 is 4.90 Å². The van der Waals surface area contributed by atoms with E-state index in [9.17, 15) is 4.79 Å². The Balaban J connectivity index is 1.99. The van der Waals surface area contributed by atoms with Gasteiger partial charge in [0, 0.05) is 59.1 Å². The highest BCUT2D eigenvalue weighted by molar-refractivity contribution is 5.81. The zero-order chi connectivity index (χ0) is 14.0. The highest BCUT2D eigenvalue weighted by Gasteiger charge is 2.30. The third-order valence-electron chi connectivity index (χ3n) is 3.62. The van der Waals surface area contributed by atoms with Crippen LogP contribution in [0.1, 0.15) is 5.56 Å². The van der Waals surface area contributed by atoms with Gasteiger partial charge in [-0.25, -0.2) is 0 Å². The van der Waals surface area contributed by atoms with Gasteiger partial charge in [-0.3, -0.25) is 19.3 Å². The van der Waals surface area contributed by atoms with Gasteiger partial charge in [0.25, 0.3) is 0 Å². The summed E-state index contributed by atoms with van der Waals surface area (Å²) in [4.78, 5) is 18.3. The Morgan fingerprint density at radius 2 is 2.16 bits per heavy atom. The molecule has 0 unspecified atom stereocenters. The Kier molecular flexibility index (Phi) is 4.21. The summed E-state index contributed by atoms with van der Waals surface area (Å²) in [5.41, 5.74) is 1.20. The molecular formula is C13H23N5O. The number of amides is 1. The van der Waals surface area contributed by atoms with Crippen LogP contribution >= 0.6 is 0 Å². The summed E-state index contributed by atoms with van der Waals surface area (Å²) in [7, 11) is 7.58. The average Bonchev–Trinajstić information content (AvgIpc) is 2.76. The molecule has 1 saturated heterocycles. The fourth-order valence-electron chi connectivity index (χ4n) is 2.45. The highest BCUT2D eigenvalue weighted by Crippen LogP contribution is 2.12. The van der Waals surface area contributed by atoms with E-state index in [1.165, 1.54) is 5.56 Å². The number of hydrogen-bond acceptors (Lipinski definition) is 4. The molecule has 0 aliphatic carbocycles. The van der Waals surface area contributed by atoms with Gasteiger partial charge in [0.2, 0.25) is 5.91 Å². The lowest BCUT2D eigenvalue weighted by Crippen LogP contribution is -2.57. The van der Waals surface area contributed by atoms with Gasteiger partial charge in [0.1, 0.15) is 6.04 Å². The molecular weight excluding hydrogens is 242 g/mol. The second kappa shape index (κ2) is 5.71. The van der Waals surface area contributed by atoms with Gasteiger partial charge in [-0.1, -0.05) is 0 Å². The first-order valence-corrected chi connectivity index (χ1v) is 6.58. The number of aryl methyl sites for hydroxylation is 1. The van der Waals surface area contributed by atoms with Gasteiger partial charge in [0.15, 0.2) is 0 Å². The van der Waals surface area contributed by atoms with Gasteiger partial charge in [-0.2, -0.15) is 5.10 Å². The minimum absolute atomic E-state index is 0.0413. The lowest BCUT2D eigenvalue weighted by Gasteiger charge is -2.39. The maximum absolute atomic E-state index is 12.2. The van der Waals surface area contributed by atoms with Crippen LogP contribution in [0.15, 0.2) is 12.4 Å². The number of carbonyl (C=O) groups excluding carboxylic acids is 1. The van der Waals surface area contributed by atoms with Gasteiger partial charge in [0.05, 0.1) is 6.20 Å². The highest BCUT2D eigenvalue weighted by atomic mass is 16.2. The van der Waals surface area contributed by atoms with Crippen LogP contribution in [-0.4, -0.2) is 77.2 Å². The quantitative estimate of drug-likeness (QED) is 0.748. The fraction of sp³-hybridized carbons (Fsp3) is 0.692. The molecule has 1 fully saturated rings. The topological polar surface area (TPSA) is 44.6 Å². The Morgan fingerprint density at radius 1 is 1.42 bits per heavy atom. The lowest BCUT2D eigenvalue weighted by atomic mass is 10.1. The predicted octanol–water partition coefficient (Wildman–Crippen LogP) is -0.376. The molecule has 0 bridgehead atoms. The van der Waals surface area contributed by atoms with E-state index in [2.05, 4.69) is 14.9 Å². The molecule has 0 radical (unpaired) electrons. The zero-order valence-electron chi connectivity index (χ0n) is 12.2. The van der Waals surface area contributed by atoms with Crippen molar-refractivity contribution >= 4 is 5.91 Å². The number of nitrogens with zero attached hydrogens (tertiary/aromatic N) is 5. The molecule has 6 nitrogen and oxygen atoms in total. The van der Waals surface area contributed by atoms with Crippen LogP contribution in [0.4, 0.5) is 0 Å². The molecule has 2 heterocycles. The molecule has 1 aliphatic heterocycles. The largest absolute Gasteiger partial charge is 0.347 e. The number of carbonyl (C=O) groups is 1.